The minimum Gasteiger partial charge on any atom is -0.496 e. The molecular weight excluding hydrogens is 401 g/mol. The maximum atomic E-state index is 13.8. The molecular formula is C22H26ClF3N2O. The number of nitrogens with zero attached hydrogens (tertiary/aromatic N) is 1. The van der Waals surface area contributed by atoms with Crippen LogP contribution in [0.1, 0.15) is 36.9 Å². The number of ether oxygens (including phenoxy) is 1. The van der Waals surface area contributed by atoms with Gasteiger partial charge in [-0.2, -0.15) is 13.2 Å². The van der Waals surface area contributed by atoms with Gasteiger partial charge in [0.2, 0.25) is 0 Å². The number of piperidine rings is 1. The molecule has 0 bridgehead atoms. The lowest BCUT2D eigenvalue weighted by Gasteiger charge is -2.45. The molecule has 1 aliphatic heterocycles. The molecule has 0 spiro atoms. The van der Waals surface area contributed by atoms with Crippen molar-refractivity contribution in [2.24, 2.45) is 0 Å². The van der Waals surface area contributed by atoms with Crippen LogP contribution in [0.2, 0.25) is 0 Å². The SMILES string of the molecule is COc1ccccc1CN(C1CCC(c2ccccc2)NC1)C(C)(Cl)C(F)(F)F. The van der Waals surface area contributed by atoms with Crippen LogP contribution in [0.5, 0.6) is 5.75 Å². The largest absolute Gasteiger partial charge is 0.496 e. The monoisotopic (exact) mass is 426 g/mol. The summed E-state index contributed by atoms with van der Waals surface area (Å²) < 4.78 is 46.9. The number of nitrogens with one attached hydrogen (secondary N) is 1. The Labute approximate surface area is 174 Å². The first-order valence-electron chi connectivity index (χ1n) is 9.66. The topological polar surface area (TPSA) is 24.5 Å². The standard InChI is InChI=1S/C22H26ClF3N2O/c1-21(23,22(24,25)26)28(15-17-10-6-7-11-20(17)29-2)18-12-13-19(27-14-18)16-8-4-3-5-9-16/h3-11,18-19,27H,12-15H2,1-2H3. The highest BCUT2D eigenvalue weighted by atomic mass is 35.5. The summed E-state index contributed by atoms with van der Waals surface area (Å²) in [6.45, 7) is 1.51. The third-order valence-electron chi connectivity index (χ3n) is 5.62. The van der Waals surface area contributed by atoms with E-state index in [0.717, 1.165) is 18.9 Å². The zero-order valence-corrected chi connectivity index (χ0v) is 17.3. The minimum absolute atomic E-state index is 0.0475. The van der Waals surface area contributed by atoms with Gasteiger partial charge >= 0.3 is 6.18 Å². The molecule has 3 rings (SSSR count). The van der Waals surface area contributed by atoms with Gasteiger partial charge in [-0.25, -0.2) is 0 Å². The van der Waals surface area contributed by atoms with Crippen LogP contribution in [0.3, 0.4) is 0 Å². The van der Waals surface area contributed by atoms with Gasteiger partial charge in [0.1, 0.15) is 5.75 Å². The molecule has 1 fully saturated rings. The normalized spacial score (nSPS) is 22.3. The van der Waals surface area contributed by atoms with E-state index in [1.54, 1.807) is 24.3 Å². The average Bonchev–Trinajstić information content (AvgIpc) is 2.72. The molecule has 1 aliphatic rings. The fraction of sp³-hybridized carbons (Fsp3) is 0.455. The van der Waals surface area contributed by atoms with Crippen LogP contribution < -0.4 is 10.1 Å². The van der Waals surface area contributed by atoms with Crippen molar-refractivity contribution in [3.63, 3.8) is 0 Å². The Bertz CT molecular complexity index is 790. The van der Waals surface area contributed by atoms with Crippen molar-refractivity contribution in [1.29, 1.82) is 0 Å². The lowest BCUT2D eigenvalue weighted by atomic mass is 9.93. The van der Waals surface area contributed by atoms with Crippen LogP contribution in [0, 0.1) is 0 Å². The summed E-state index contributed by atoms with van der Waals surface area (Å²) in [7, 11) is 1.51. The van der Waals surface area contributed by atoms with Crippen LogP contribution in [-0.4, -0.2) is 35.8 Å². The summed E-state index contributed by atoms with van der Waals surface area (Å²) in [5.41, 5.74) is 1.82. The molecule has 1 heterocycles. The van der Waals surface area contributed by atoms with Crippen molar-refractivity contribution < 1.29 is 17.9 Å². The van der Waals surface area contributed by atoms with Gasteiger partial charge in [-0.05, 0) is 31.4 Å². The van der Waals surface area contributed by atoms with E-state index < -0.39 is 11.2 Å². The molecule has 0 amide bonds. The number of halogens is 4. The second-order valence-electron chi connectivity index (χ2n) is 7.49. The maximum absolute atomic E-state index is 13.8. The van der Waals surface area contributed by atoms with Crippen LogP contribution in [0.25, 0.3) is 0 Å². The van der Waals surface area contributed by atoms with Crippen molar-refractivity contribution in [3.05, 3.63) is 65.7 Å². The minimum atomic E-state index is -4.58. The number of rotatable bonds is 6. The van der Waals surface area contributed by atoms with E-state index in [0.29, 0.717) is 24.3 Å². The number of hydrogen-bond donors (Lipinski definition) is 1. The summed E-state index contributed by atoms with van der Waals surface area (Å²) in [4.78, 5) is -1.14. The summed E-state index contributed by atoms with van der Waals surface area (Å²) in [5, 5.41) is 3.40. The lowest BCUT2D eigenvalue weighted by molar-refractivity contribution is -0.205. The fourth-order valence-electron chi connectivity index (χ4n) is 3.88. The first-order chi connectivity index (χ1) is 13.7. The second-order valence-corrected chi connectivity index (χ2v) is 8.23. The van der Waals surface area contributed by atoms with Crippen molar-refractivity contribution >= 4 is 11.6 Å². The van der Waals surface area contributed by atoms with E-state index in [1.807, 2.05) is 30.3 Å². The van der Waals surface area contributed by atoms with Gasteiger partial charge in [-0.1, -0.05) is 60.1 Å². The Kier molecular flexibility index (Phi) is 6.76. The third-order valence-corrected chi connectivity index (χ3v) is 6.05. The predicted molar refractivity (Wildman–Crippen MR) is 109 cm³/mol. The molecule has 2 aromatic carbocycles. The Morgan fingerprint density at radius 3 is 2.31 bits per heavy atom. The van der Waals surface area contributed by atoms with Gasteiger partial charge in [0, 0.05) is 30.7 Å². The number of benzene rings is 2. The van der Waals surface area contributed by atoms with E-state index in [9.17, 15) is 13.2 Å². The van der Waals surface area contributed by atoms with Gasteiger partial charge in [0.15, 0.2) is 5.00 Å². The Morgan fingerprint density at radius 1 is 1.07 bits per heavy atom. The first kappa shape index (κ1) is 21.9. The van der Waals surface area contributed by atoms with Gasteiger partial charge in [-0.3, -0.25) is 4.90 Å². The average molecular weight is 427 g/mol. The second kappa shape index (κ2) is 8.94. The molecule has 7 heteroatoms. The molecule has 29 heavy (non-hydrogen) atoms. The molecule has 2 aromatic rings. The zero-order chi connectivity index (χ0) is 21.1. The number of hydrogen-bond acceptors (Lipinski definition) is 3. The van der Waals surface area contributed by atoms with E-state index >= 15 is 0 Å². The zero-order valence-electron chi connectivity index (χ0n) is 16.5. The number of para-hydroxylation sites is 1. The molecule has 3 atom stereocenters. The molecule has 158 valence electrons. The maximum Gasteiger partial charge on any atom is 0.420 e. The molecule has 0 aromatic heterocycles. The summed E-state index contributed by atoms with van der Waals surface area (Å²) in [5.74, 6) is 0.554. The van der Waals surface area contributed by atoms with E-state index in [-0.39, 0.29) is 18.6 Å². The summed E-state index contributed by atoms with van der Waals surface area (Å²) in [6, 6.07) is 16.8. The Balaban J connectivity index is 1.82. The fourth-order valence-corrected chi connectivity index (χ4v) is 4.08. The van der Waals surface area contributed by atoms with Gasteiger partial charge < -0.3 is 10.1 Å². The molecule has 1 N–H and O–H groups in total. The van der Waals surface area contributed by atoms with E-state index in [4.69, 9.17) is 16.3 Å². The highest BCUT2D eigenvalue weighted by Crippen LogP contribution is 2.43. The van der Waals surface area contributed by atoms with Crippen LogP contribution in [0.15, 0.2) is 54.6 Å². The molecule has 0 aliphatic carbocycles. The van der Waals surface area contributed by atoms with Gasteiger partial charge in [0.25, 0.3) is 0 Å². The van der Waals surface area contributed by atoms with Crippen molar-refractivity contribution in [1.82, 2.24) is 10.2 Å². The van der Waals surface area contributed by atoms with E-state index in [1.165, 1.54) is 12.0 Å². The highest BCUT2D eigenvalue weighted by Gasteiger charge is 2.55. The van der Waals surface area contributed by atoms with Crippen LogP contribution >= 0.6 is 11.6 Å². The summed E-state index contributed by atoms with van der Waals surface area (Å²) >= 11 is 6.14. The number of alkyl halides is 4. The highest BCUT2D eigenvalue weighted by molar-refractivity contribution is 6.24. The Morgan fingerprint density at radius 2 is 1.72 bits per heavy atom. The van der Waals surface area contributed by atoms with Gasteiger partial charge in [-0.15, -0.1) is 0 Å². The van der Waals surface area contributed by atoms with Crippen molar-refractivity contribution in [2.75, 3.05) is 13.7 Å². The van der Waals surface area contributed by atoms with Gasteiger partial charge in [0.05, 0.1) is 7.11 Å². The summed E-state index contributed by atoms with van der Waals surface area (Å²) in [6.07, 6.45) is -3.23. The number of methoxy groups -OCH3 is 1. The molecule has 3 unspecified atom stereocenters. The molecule has 3 nitrogen and oxygen atoms in total. The molecule has 0 radical (unpaired) electrons. The van der Waals surface area contributed by atoms with Crippen LogP contribution in [-0.2, 0) is 6.54 Å². The van der Waals surface area contributed by atoms with E-state index in [2.05, 4.69) is 5.32 Å². The quantitative estimate of drug-likeness (QED) is 0.487. The van der Waals surface area contributed by atoms with Crippen molar-refractivity contribution in [2.45, 2.75) is 49.6 Å². The smallest absolute Gasteiger partial charge is 0.420 e. The lowest BCUT2D eigenvalue weighted by Crippen LogP contribution is -2.59. The Hall–Kier alpha value is -1.76. The third kappa shape index (κ3) is 4.87. The van der Waals surface area contributed by atoms with Crippen molar-refractivity contribution in [3.8, 4) is 5.75 Å². The molecule has 0 saturated carbocycles. The predicted octanol–water partition coefficient (Wildman–Crippen LogP) is 5.51. The molecule has 1 saturated heterocycles. The van der Waals surface area contributed by atoms with Crippen LogP contribution in [0.4, 0.5) is 13.2 Å². The first-order valence-corrected chi connectivity index (χ1v) is 10.0.